The van der Waals surface area contributed by atoms with Gasteiger partial charge in [-0.2, -0.15) is 5.10 Å². The third kappa shape index (κ3) is 2.19. The normalized spacial score (nSPS) is 11.3. The van der Waals surface area contributed by atoms with Gasteiger partial charge in [0.2, 0.25) is 0 Å². The quantitative estimate of drug-likeness (QED) is 0.611. The van der Waals surface area contributed by atoms with Gasteiger partial charge in [0.05, 0.1) is 28.6 Å². The number of benzene rings is 1. The van der Waals surface area contributed by atoms with Crippen molar-refractivity contribution in [1.82, 2.24) is 24.7 Å². The number of aryl methyl sites for hydroxylation is 3. The van der Waals surface area contributed by atoms with E-state index < -0.39 is 0 Å². The maximum Gasteiger partial charge on any atom is 0.145 e. The molecule has 3 aromatic heterocycles. The first-order chi connectivity index (χ1) is 11.5. The van der Waals surface area contributed by atoms with Crippen molar-refractivity contribution >= 4 is 11.0 Å². The van der Waals surface area contributed by atoms with Crippen LogP contribution in [0.4, 0.5) is 4.39 Å². The predicted octanol–water partition coefficient (Wildman–Crippen LogP) is 3.78. The predicted molar refractivity (Wildman–Crippen MR) is 91.0 cm³/mol. The van der Waals surface area contributed by atoms with Gasteiger partial charge in [-0.25, -0.2) is 14.4 Å². The number of imidazole rings is 1. The summed E-state index contributed by atoms with van der Waals surface area (Å²) in [5.41, 5.74) is 5.46. The molecule has 0 saturated heterocycles. The number of nitrogens with one attached hydrogen (secondary N) is 1. The van der Waals surface area contributed by atoms with Gasteiger partial charge in [0.15, 0.2) is 0 Å². The van der Waals surface area contributed by atoms with Crippen LogP contribution in [0.2, 0.25) is 0 Å². The van der Waals surface area contributed by atoms with E-state index >= 15 is 0 Å². The summed E-state index contributed by atoms with van der Waals surface area (Å²) in [5, 5.41) is 6.72. The first kappa shape index (κ1) is 14.6. The fourth-order valence-electron chi connectivity index (χ4n) is 2.89. The SMILES string of the molecule is Cc1nc(-c2ccc3c(c2)nc(C)n3C)c(-c2cn[nH]c2)cc1F. The summed E-state index contributed by atoms with van der Waals surface area (Å²) in [6, 6.07) is 7.51. The molecule has 0 radical (unpaired) electrons. The zero-order chi connectivity index (χ0) is 16.8. The summed E-state index contributed by atoms with van der Waals surface area (Å²) in [4.78, 5) is 9.06. The van der Waals surface area contributed by atoms with E-state index in [1.54, 1.807) is 19.3 Å². The second-order valence-electron chi connectivity index (χ2n) is 5.86. The lowest BCUT2D eigenvalue weighted by Gasteiger charge is -2.10. The van der Waals surface area contributed by atoms with Gasteiger partial charge in [-0.05, 0) is 32.0 Å². The molecule has 120 valence electrons. The molecule has 0 aliphatic heterocycles. The monoisotopic (exact) mass is 321 g/mol. The van der Waals surface area contributed by atoms with Crippen LogP contribution in [0, 0.1) is 19.7 Å². The topological polar surface area (TPSA) is 59.4 Å². The van der Waals surface area contributed by atoms with Gasteiger partial charge in [0.1, 0.15) is 11.6 Å². The molecule has 0 unspecified atom stereocenters. The maximum absolute atomic E-state index is 14.1. The summed E-state index contributed by atoms with van der Waals surface area (Å²) >= 11 is 0. The second kappa shape index (κ2) is 5.26. The van der Waals surface area contributed by atoms with Crippen molar-refractivity contribution in [3.05, 3.63) is 54.0 Å². The van der Waals surface area contributed by atoms with E-state index in [1.165, 1.54) is 6.07 Å². The van der Waals surface area contributed by atoms with Gasteiger partial charge in [0.25, 0.3) is 0 Å². The van der Waals surface area contributed by atoms with Gasteiger partial charge >= 0.3 is 0 Å². The van der Waals surface area contributed by atoms with Gasteiger partial charge in [0, 0.05) is 29.9 Å². The van der Waals surface area contributed by atoms with Crippen molar-refractivity contribution < 1.29 is 4.39 Å². The summed E-state index contributed by atoms with van der Waals surface area (Å²) in [6.07, 6.45) is 3.40. The van der Waals surface area contributed by atoms with Crippen LogP contribution < -0.4 is 0 Å². The number of hydrogen-bond acceptors (Lipinski definition) is 3. The second-order valence-corrected chi connectivity index (χ2v) is 5.86. The third-order valence-corrected chi connectivity index (χ3v) is 4.34. The molecule has 0 bridgehead atoms. The minimum absolute atomic E-state index is 0.329. The molecular weight excluding hydrogens is 305 g/mol. The minimum atomic E-state index is -0.329. The van der Waals surface area contributed by atoms with Crippen LogP contribution in [0.5, 0.6) is 0 Å². The number of H-pyrrole nitrogens is 1. The Bertz CT molecular complexity index is 1050. The number of aromatic nitrogens is 5. The van der Waals surface area contributed by atoms with E-state index in [1.807, 2.05) is 36.7 Å². The molecule has 6 heteroatoms. The Morgan fingerprint density at radius 3 is 2.67 bits per heavy atom. The highest BCUT2D eigenvalue weighted by Gasteiger charge is 2.15. The van der Waals surface area contributed by atoms with Gasteiger partial charge in [-0.15, -0.1) is 0 Å². The molecule has 4 rings (SSSR count). The first-order valence-corrected chi connectivity index (χ1v) is 7.64. The van der Waals surface area contributed by atoms with Gasteiger partial charge in [-0.3, -0.25) is 5.10 Å². The van der Waals surface area contributed by atoms with E-state index in [0.29, 0.717) is 11.3 Å². The number of hydrogen-bond donors (Lipinski definition) is 1. The number of fused-ring (bicyclic) bond motifs is 1. The smallest absolute Gasteiger partial charge is 0.145 e. The van der Waals surface area contributed by atoms with Crippen molar-refractivity contribution in [3.8, 4) is 22.4 Å². The Balaban J connectivity index is 1.97. The molecule has 0 saturated carbocycles. The van der Waals surface area contributed by atoms with Crippen LogP contribution in [0.3, 0.4) is 0 Å². The van der Waals surface area contributed by atoms with Crippen molar-refractivity contribution in [2.75, 3.05) is 0 Å². The van der Waals surface area contributed by atoms with E-state index in [4.69, 9.17) is 0 Å². The van der Waals surface area contributed by atoms with Crippen molar-refractivity contribution in [2.45, 2.75) is 13.8 Å². The van der Waals surface area contributed by atoms with Crippen LogP contribution in [0.1, 0.15) is 11.5 Å². The van der Waals surface area contributed by atoms with Crippen LogP contribution in [-0.2, 0) is 7.05 Å². The van der Waals surface area contributed by atoms with Crippen LogP contribution in [-0.4, -0.2) is 24.7 Å². The molecule has 24 heavy (non-hydrogen) atoms. The van der Waals surface area contributed by atoms with Crippen LogP contribution in [0.25, 0.3) is 33.4 Å². The number of rotatable bonds is 2. The van der Waals surface area contributed by atoms with E-state index in [2.05, 4.69) is 20.2 Å². The largest absolute Gasteiger partial charge is 0.331 e. The highest BCUT2D eigenvalue weighted by atomic mass is 19.1. The summed E-state index contributed by atoms with van der Waals surface area (Å²) in [6.45, 7) is 3.64. The molecule has 5 nitrogen and oxygen atoms in total. The molecule has 3 heterocycles. The van der Waals surface area contributed by atoms with Gasteiger partial charge < -0.3 is 4.57 Å². The average molecular weight is 321 g/mol. The zero-order valence-electron chi connectivity index (χ0n) is 13.6. The maximum atomic E-state index is 14.1. The summed E-state index contributed by atoms with van der Waals surface area (Å²) < 4.78 is 16.1. The number of aromatic amines is 1. The minimum Gasteiger partial charge on any atom is -0.331 e. The van der Waals surface area contributed by atoms with Crippen molar-refractivity contribution in [3.63, 3.8) is 0 Å². The van der Waals surface area contributed by atoms with E-state index in [-0.39, 0.29) is 5.82 Å². The third-order valence-electron chi connectivity index (χ3n) is 4.34. The highest BCUT2D eigenvalue weighted by molar-refractivity contribution is 5.87. The molecule has 0 spiro atoms. The number of nitrogens with zero attached hydrogens (tertiary/aromatic N) is 4. The molecule has 1 aromatic carbocycles. The fraction of sp³-hybridized carbons (Fsp3) is 0.167. The van der Waals surface area contributed by atoms with Crippen molar-refractivity contribution in [1.29, 1.82) is 0 Å². The first-order valence-electron chi connectivity index (χ1n) is 7.64. The highest BCUT2D eigenvalue weighted by Crippen LogP contribution is 2.33. The molecule has 4 aromatic rings. The molecule has 0 amide bonds. The molecular formula is C18H16FN5. The molecule has 1 N–H and O–H groups in total. The number of halogens is 1. The average Bonchev–Trinajstić information content (AvgIpc) is 3.19. The Labute approximate surface area is 138 Å². The lowest BCUT2D eigenvalue weighted by molar-refractivity contribution is 0.611. The lowest BCUT2D eigenvalue weighted by Crippen LogP contribution is -1.96. The zero-order valence-corrected chi connectivity index (χ0v) is 13.6. The summed E-state index contributed by atoms with van der Waals surface area (Å²) in [7, 11) is 1.99. The molecule has 0 fully saturated rings. The van der Waals surface area contributed by atoms with Crippen LogP contribution in [0.15, 0.2) is 36.7 Å². The van der Waals surface area contributed by atoms with Crippen LogP contribution >= 0.6 is 0 Å². The Morgan fingerprint density at radius 2 is 1.92 bits per heavy atom. The lowest BCUT2D eigenvalue weighted by atomic mass is 10.0. The number of pyridine rings is 1. The van der Waals surface area contributed by atoms with E-state index in [9.17, 15) is 4.39 Å². The van der Waals surface area contributed by atoms with Gasteiger partial charge in [-0.1, -0.05) is 6.07 Å². The molecule has 0 aliphatic rings. The molecule has 0 aliphatic carbocycles. The standard InChI is InChI=1S/C18H16FN5/c1-10-15(19)7-14(13-8-20-21-9-13)18(22-10)12-4-5-17-16(6-12)23-11(2)24(17)3/h4-9H,1-3H3,(H,20,21). The Kier molecular flexibility index (Phi) is 3.19. The summed E-state index contributed by atoms with van der Waals surface area (Å²) in [5.74, 6) is 0.616. The van der Waals surface area contributed by atoms with E-state index in [0.717, 1.165) is 33.7 Å². The van der Waals surface area contributed by atoms with Crippen molar-refractivity contribution in [2.24, 2.45) is 7.05 Å². The fourth-order valence-corrected chi connectivity index (χ4v) is 2.89. The Morgan fingerprint density at radius 1 is 1.08 bits per heavy atom. The Hall–Kier alpha value is -3.02. The molecule has 0 atom stereocenters.